The number of benzene rings is 1. The number of hydrogen-bond donors (Lipinski definition) is 2. The molecular weight excluding hydrogens is 222 g/mol. The van der Waals surface area contributed by atoms with E-state index in [2.05, 4.69) is 15.6 Å². The van der Waals surface area contributed by atoms with Crippen LogP contribution < -0.4 is 10.6 Å². The van der Waals surface area contributed by atoms with Gasteiger partial charge in [-0.1, -0.05) is 23.5 Å². The van der Waals surface area contributed by atoms with Crippen molar-refractivity contribution in [2.24, 2.45) is 0 Å². The molecule has 0 aliphatic heterocycles. The van der Waals surface area contributed by atoms with Gasteiger partial charge >= 0.3 is 6.03 Å². The molecule has 0 radical (unpaired) electrons. The van der Waals surface area contributed by atoms with E-state index in [0.717, 1.165) is 23.1 Å². The Morgan fingerprint density at radius 3 is 2.94 bits per heavy atom. The molecule has 2 N–H and O–H groups in total. The Morgan fingerprint density at radius 2 is 2.19 bits per heavy atom. The molecular formula is C11H11N3OS. The lowest BCUT2D eigenvalue weighted by Gasteiger charge is -2.01. The fraction of sp³-hybridized carbons (Fsp3) is 0.273. The van der Waals surface area contributed by atoms with Gasteiger partial charge in [0.05, 0.1) is 10.2 Å². The number of carbonyl (C=O) groups excluding carboxylic acids is 1. The van der Waals surface area contributed by atoms with Crippen LogP contribution in [0.3, 0.4) is 0 Å². The zero-order valence-corrected chi connectivity index (χ0v) is 9.38. The highest BCUT2D eigenvalue weighted by atomic mass is 32.1. The Labute approximate surface area is 96.7 Å². The first kappa shape index (κ1) is 9.59. The number of fused-ring (bicyclic) bond motifs is 1. The van der Waals surface area contributed by atoms with Crippen molar-refractivity contribution in [1.29, 1.82) is 0 Å². The fourth-order valence-corrected chi connectivity index (χ4v) is 2.33. The lowest BCUT2D eigenvalue weighted by molar-refractivity contribution is 0.251. The number of anilines is 1. The highest BCUT2D eigenvalue weighted by Crippen LogP contribution is 2.25. The number of para-hydroxylation sites is 1. The summed E-state index contributed by atoms with van der Waals surface area (Å²) in [7, 11) is 0. The number of aromatic nitrogens is 1. The molecule has 1 aliphatic carbocycles. The van der Waals surface area contributed by atoms with Gasteiger partial charge in [-0.2, -0.15) is 0 Å². The van der Waals surface area contributed by atoms with Gasteiger partial charge in [0.1, 0.15) is 0 Å². The van der Waals surface area contributed by atoms with Gasteiger partial charge in [0.2, 0.25) is 0 Å². The molecule has 82 valence electrons. The lowest BCUT2D eigenvalue weighted by Crippen LogP contribution is -2.30. The maximum absolute atomic E-state index is 11.5. The maximum atomic E-state index is 11.5. The van der Waals surface area contributed by atoms with E-state index in [1.807, 2.05) is 24.3 Å². The van der Waals surface area contributed by atoms with Crippen LogP contribution in [-0.4, -0.2) is 17.1 Å². The van der Waals surface area contributed by atoms with Crippen molar-refractivity contribution in [1.82, 2.24) is 10.3 Å². The topological polar surface area (TPSA) is 54.0 Å². The molecule has 1 fully saturated rings. The van der Waals surface area contributed by atoms with Crippen LogP contribution in [0.5, 0.6) is 0 Å². The van der Waals surface area contributed by atoms with Crippen molar-refractivity contribution < 1.29 is 4.79 Å². The van der Waals surface area contributed by atoms with Crippen LogP contribution in [0, 0.1) is 0 Å². The van der Waals surface area contributed by atoms with Crippen molar-refractivity contribution in [3.05, 3.63) is 24.3 Å². The smallest absolute Gasteiger partial charge is 0.321 e. The largest absolute Gasteiger partial charge is 0.335 e. The molecule has 1 saturated carbocycles. The zero-order chi connectivity index (χ0) is 11.0. The molecule has 4 nitrogen and oxygen atoms in total. The van der Waals surface area contributed by atoms with Crippen molar-refractivity contribution in [2.45, 2.75) is 18.9 Å². The Kier molecular flexibility index (Phi) is 2.25. The Morgan fingerprint density at radius 1 is 1.38 bits per heavy atom. The number of carbonyl (C=O) groups is 1. The van der Waals surface area contributed by atoms with Crippen LogP contribution in [0.4, 0.5) is 9.93 Å². The van der Waals surface area contributed by atoms with E-state index in [0.29, 0.717) is 11.2 Å². The SMILES string of the molecule is O=C(Nc1nc2ccccc2s1)NC1CC1. The number of amides is 2. The zero-order valence-electron chi connectivity index (χ0n) is 8.56. The summed E-state index contributed by atoms with van der Waals surface area (Å²) in [6, 6.07) is 8.06. The Balaban J connectivity index is 1.75. The quantitative estimate of drug-likeness (QED) is 0.837. The van der Waals surface area contributed by atoms with E-state index in [1.165, 1.54) is 11.3 Å². The molecule has 0 spiro atoms. The van der Waals surface area contributed by atoms with E-state index in [-0.39, 0.29) is 6.03 Å². The summed E-state index contributed by atoms with van der Waals surface area (Å²) in [4.78, 5) is 15.8. The molecule has 0 atom stereocenters. The first-order valence-electron chi connectivity index (χ1n) is 5.24. The second-order valence-corrected chi connectivity index (χ2v) is 4.89. The summed E-state index contributed by atoms with van der Waals surface area (Å²) >= 11 is 1.49. The Hall–Kier alpha value is -1.62. The van der Waals surface area contributed by atoms with Gasteiger partial charge in [-0.15, -0.1) is 0 Å². The second kappa shape index (κ2) is 3.75. The van der Waals surface area contributed by atoms with Crippen LogP contribution in [0.2, 0.25) is 0 Å². The van der Waals surface area contributed by atoms with E-state index >= 15 is 0 Å². The summed E-state index contributed by atoms with van der Waals surface area (Å²) < 4.78 is 1.09. The first-order valence-corrected chi connectivity index (χ1v) is 6.06. The van der Waals surface area contributed by atoms with Crippen LogP contribution in [-0.2, 0) is 0 Å². The monoisotopic (exact) mass is 233 g/mol. The minimum absolute atomic E-state index is 0.151. The molecule has 3 rings (SSSR count). The molecule has 5 heteroatoms. The van der Waals surface area contributed by atoms with Crippen LogP contribution in [0.15, 0.2) is 24.3 Å². The highest BCUT2D eigenvalue weighted by Gasteiger charge is 2.23. The van der Waals surface area contributed by atoms with Crippen molar-refractivity contribution in [2.75, 3.05) is 5.32 Å². The molecule has 16 heavy (non-hydrogen) atoms. The summed E-state index contributed by atoms with van der Waals surface area (Å²) in [5.74, 6) is 0. The summed E-state index contributed by atoms with van der Waals surface area (Å²) in [5, 5.41) is 6.28. The second-order valence-electron chi connectivity index (χ2n) is 3.86. The maximum Gasteiger partial charge on any atom is 0.321 e. The van der Waals surface area contributed by atoms with E-state index in [9.17, 15) is 4.79 Å². The molecule has 1 aliphatic rings. The third kappa shape index (κ3) is 1.99. The molecule has 2 amide bonds. The van der Waals surface area contributed by atoms with Gasteiger partial charge < -0.3 is 5.32 Å². The predicted octanol–water partition coefficient (Wildman–Crippen LogP) is 2.58. The lowest BCUT2D eigenvalue weighted by atomic mass is 10.3. The van der Waals surface area contributed by atoms with E-state index in [4.69, 9.17) is 0 Å². The molecule has 0 saturated heterocycles. The van der Waals surface area contributed by atoms with Crippen molar-refractivity contribution >= 4 is 32.7 Å². The van der Waals surface area contributed by atoms with Crippen molar-refractivity contribution in [3.63, 3.8) is 0 Å². The molecule has 0 unspecified atom stereocenters. The third-order valence-electron chi connectivity index (χ3n) is 2.43. The first-order chi connectivity index (χ1) is 7.81. The minimum atomic E-state index is -0.151. The predicted molar refractivity (Wildman–Crippen MR) is 64.8 cm³/mol. The molecule has 1 aromatic heterocycles. The normalized spacial score (nSPS) is 15.0. The van der Waals surface area contributed by atoms with Crippen LogP contribution in [0.25, 0.3) is 10.2 Å². The average Bonchev–Trinajstić information content (AvgIpc) is 2.97. The number of nitrogens with one attached hydrogen (secondary N) is 2. The van der Waals surface area contributed by atoms with E-state index in [1.54, 1.807) is 0 Å². The average molecular weight is 233 g/mol. The standard InChI is InChI=1S/C11H11N3OS/c15-10(12-7-5-6-7)14-11-13-8-3-1-2-4-9(8)16-11/h1-4,7H,5-6H2,(H2,12,13,14,15). The molecule has 0 bridgehead atoms. The summed E-state index contributed by atoms with van der Waals surface area (Å²) in [6.45, 7) is 0. The van der Waals surface area contributed by atoms with Gasteiger partial charge in [0, 0.05) is 6.04 Å². The fourth-order valence-electron chi connectivity index (χ4n) is 1.47. The van der Waals surface area contributed by atoms with Gasteiger partial charge in [-0.05, 0) is 25.0 Å². The number of hydrogen-bond acceptors (Lipinski definition) is 3. The van der Waals surface area contributed by atoms with E-state index < -0.39 is 0 Å². The van der Waals surface area contributed by atoms with Crippen LogP contribution >= 0.6 is 11.3 Å². The van der Waals surface area contributed by atoms with Gasteiger partial charge in [0.25, 0.3) is 0 Å². The number of urea groups is 1. The minimum Gasteiger partial charge on any atom is -0.335 e. The van der Waals surface area contributed by atoms with Gasteiger partial charge in [-0.3, -0.25) is 5.32 Å². The summed E-state index contributed by atoms with van der Waals surface area (Å²) in [6.07, 6.45) is 2.18. The number of rotatable bonds is 2. The van der Waals surface area contributed by atoms with Gasteiger partial charge in [-0.25, -0.2) is 9.78 Å². The van der Waals surface area contributed by atoms with Crippen LogP contribution in [0.1, 0.15) is 12.8 Å². The number of nitrogens with zero attached hydrogens (tertiary/aromatic N) is 1. The summed E-state index contributed by atoms with van der Waals surface area (Å²) in [5.41, 5.74) is 0.925. The van der Waals surface area contributed by atoms with Crippen molar-refractivity contribution in [3.8, 4) is 0 Å². The molecule has 1 aromatic carbocycles. The number of thiazole rings is 1. The molecule has 1 heterocycles. The van der Waals surface area contributed by atoms with Gasteiger partial charge in [0.15, 0.2) is 5.13 Å². The highest BCUT2D eigenvalue weighted by molar-refractivity contribution is 7.22. The molecule has 2 aromatic rings. The third-order valence-corrected chi connectivity index (χ3v) is 3.38. The Bertz CT molecular complexity index is 500.